The zero-order valence-electron chi connectivity index (χ0n) is 15.6. The molecule has 0 spiro atoms. The van der Waals surface area contributed by atoms with Gasteiger partial charge in [-0.25, -0.2) is 0 Å². The third kappa shape index (κ3) is 2.62. The van der Waals surface area contributed by atoms with Crippen LogP contribution in [0.5, 0.6) is 0 Å². The van der Waals surface area contributed by atoms with E-state index >= 15 is 0 Å². The molecule has 0 N–H and O–H groups in total. The van der Waals surface area contributed by atoms with Crippen molar-refractivity contribution in [2.24, 2.45) is 17.8 Å². The van der Waals surface area contributed by atoms with E-state index in [2.05, 4.69) is 76.6 Å². The van der Waals surface area contributed by atoms with Crippen molar-refractivity contribution in [3.05, 3.63) is 70.7 Å². The highest BCUT2D eigenvalue weighted by molar-refractivity contribution is 9.10. The Bertz CT molecular complexity index is 991. The molecule has 7 rings (SSSR count). The maximum atomic E-state index is 3.85. The Morgan fingerprint density at radius 1 is 0.741 bits per heavy atom. The first-order chi connectivity index (χ1) is 13.2. The lowest BCUT2D eigenvalue weighted by atomic mass is 9.48. The van der Waals surface area contributed by atoms with Gasteiger partial charge in [-0.3, -0.25) is 0 Å². The average Bonchev–Trinajstić information content (AvgIpc) is 2.66. The molecule has 3 aromatic carbocycles. The fraction of sp³-hybridized carbons (Fsp3) is 0.385. The number of hydrogen-bond donors (Lipinski definition) is 0. The van der Waals surface area contributed by atoms with Gasteiger partial charge in [0.15, 0.2) is 0 Å². The molecule has 1 heteroatoms. The van der Waals surface area contributed by atoms with Crippen LogP contribution in [0.1, 0.15) is 44.1 Å². The summed E-state index contributed by atoms with van der Waals surface area (Å²) in [6.07, 6.45) is 8.77. The Morgan fingerprint density at radius 2 is 1.41 bits per heavy atom. The number of halogens is 1. The van der Waals surface area contributed by atoms with Gasteiger partial charge < -0.3 is 0 Å². The summed E-state index contributed by atoms with van der Waals surface area (Å²) in [5.74, 6) is 2.95. The van der Waals surface area contributed by atoms with E-state index in [4.69, 9.17) is 0 Å². The molecule has 4 saturated carbocycles. The second kappa shape index (κ2) is 5.95. The topological polar surface area (TPSA) is 0 Å². The van der Waals surface area contributed by atoms with Gasteiger partial charge in [-0.2, -0.15) is 0 Å². The van der Waals surface area contributed by atoms with E-state index in [0.717, 1.165) is 17.8 Å². The predicted molar refractivity (Wildman–Crippen MR) is 117 cm³/mol. The summed E-state index contributed by atoms with van der Waals surface area (Å²) in [5, 5.41) is 2.68. The fourth-order valence-electron chi connectivity index (χ4n) is 6.99. The SMILES string of the molecule is Brc1cc(-c2cccc3ccccc23)cc(C23CC4CC(CC(C4)C2)C3)c1. The standard InChI is InChI=1S/C26H25Br/c27-23-12-21(25-7-3-5-20-4-1-2-6-24(20)25)11-22(13-23)26-14-17-8-18(15-26)10-19(9-17)16-26/h1-7,11-13,17-19H,8-10,14-16H2. The van der Waals surface area contributed by atoms with E-state index in [9.17, 15) is 0 Å². The van der Waals surface area contributed by atoms with Gasteiger partial charge in [0.2, 0.25) is 0 Å². The van der Waals surface area contributed by atoms with Crippen molar-refractivity contribution >= 4 is 26.7 Å². The van der Waals surface area contributed by atoms with Gasteiger partial charge in [0, 0.05) is 4.47 Å². The van der Waals surface area contributed by atoms with Crippen LogP contribution in [0.25, 0.3) is 21.9 Å². The Morgan fingerprint density at radius 3 is 2.15 bits per heavy atom. The third-order valence-corrected chi connectivity index (χ3v) is 8.11. The Hall–Kier alpha value is -1.60. The normalized spacial score (nSPS) is 31.5. The van der Waals surface area contributed by atoms with Gasteiger partial charge in [-0.05, 0) is 101 Å². The number of hydrogen-bond acceptors (Lipinski definition) is 0. The van der Waals surface area contributed by atoms with Gasteiger partial charge in [-0.1, -0.05) is 64.5 Å². The molecule has 27 heavy (non-hydrogen) atoms. The Balaban J connectivity index is 1.50. The van der Waals surface area contributed by atoms with E-state index < -0.39 is 0 Å². The van der Waals surface area contributed by atoms with E-state index in [-0.39, 0.29) is 0 Å². The van der Waals surface area contributed by atoms with Gasteiger partial charge >= 0.3 is 0 Å². The van der Waals surface area contributed by atoms with Crippen LogP contribution < -0.4 is 0 Å². The number of rotatable bonds is 2. The van der Waals surface area contributed by atoms with Crippen molar-refractivity contribution in [1.82, 2.24) is 0 Å². The van der Waals surface area contributed by atoms with Crippen LogP contribution in [0.3, 0.4) is 0 Å². The molecule has 4 fully saturated rings. The quantitative estimate of drug-likeness (QED) is 0.400. The lowest BCUT2D eigenvalue weighted by Gasteiger charge is -2.57. The van der Waals surface area contributed by atoms with Crippen LogP contribution in [0.2, 0.25) is 0 Å². The molecule has 0 heterocycles. The molecular formula is C26H25Br. The molecule has 0 nitrogen and oxygen atoms in total. The highest BCUT2D eigenvalue weighted by atomic mass is 79.9. The molecule has 4 bridgehead atoms. The summed E-state index contributed by atoms with van der Waals surface area (Å²) in [7, 11) is 0. The summed E-state index contributed by atoms with van der Waals surface area (Å²) in [5.41, 5.74) is 4.77. The third-order valence-electron chi connectivity index (χ3n) is 7.65. The monoisotopic (exact) mass is 416 g/mol. The molecule has 0 radical (unpaired) electrons. The van der Waals surface area contributed by atoms with E-state index in [1.807, 2.05) is 0 Å². The first-order valence-electron chi connectivity index (χ1n) is 10.5. The summed E-state index contributed by atoms with van der Waals surface area (Å²) >= 11 is 3.85. The van der Waals surface area contributed by atoms with Crippen LogP contribution >= 0.6 is 15.9 Å². The van der Waals surface area contributed by atoms with Crippen molar-refractivity contribution in [1.29, 1.82) is 0 Å². The number of fused-ring (bicyclic) bond motifs is 1. The van der Waals surface area contributed by atoms with Crippen molar-refractivity contribution < 1.29 is 0 Å². The highest BCUT2D eigenvalue weighted by Crippen LogP contribution is 2.61. The van der Waals surface area contributed by atoms with Crippen LogP contribution in [0.4, 0.5) is 0 Å². The highest BCUT2D eigenvalue weighted by Gasteiger charge is 2.51. The van der Waals surface area contributed by atoms with Gasteiger partial charge in [0.25, 0.3) is 0 Å². The molecule has 4 aliphatic rings. The lowest BCUT2D eigenvalue weighted by Crippen LogP contribution is -2.48. The zero-order chi connectivity index (χ0) is 18.0. The van der Waals surface area contributed by atoms with Gasteiger partial charge in [0.1, 0.15) is 0 Å². The van der Waals surface area contributed by atoms with E-state index in [1.54, 1.807) is 5.56 Å². The summed E-state index contributed by atoms with van der Waals surface area (Å²) in [4.78, 5) is 0. The van der Waals surface area contributed by atoms with Crippen LogP contribution in [0, 0.1) is 17.8 Å². The van der Waals surface area contributed by atoms with Crippen molar-refractivity contribution in [3.8, 4) is 11.1 Å². The second-order valence-corrected chi connectivity index (χ2v) is 10.4. The largest absolute Gasteiger partial charge is 0.0616 e. The minimum Gasteiger partial charge on any atom is -0.0616 e. The molecule has 0 atom stereocenters. The Kier molecular flexibility index (Phi) is 3.60. The first-order valence-corrected chi connectivity index (χ1v) is 11.3. The molecule has 136 valence electrons. The smallest absolute Gasteiger partial charge is 0.0184 e. The predicted octanol–water partition coefficient (Wildman–Crippen LogP) is 7.74. The maximum Gasteiger partial charge on any atom is 0.0184 e. The van der Waals surface area contributed by atoms with E-state index in [1.165, 1.54) is 64.9 Å². The summed E-state index contributed by atoms with van der Waals surface area (Å²) < 4.78 is 1.23. The van der Waals surface area contributed by atoms with Gasteiger partial charge in [-0.15, -0.1) is 0 Å². The minimum atomic E-state index is 0.442. The molecular weight excluding hydrogens is 392 g/mol. The fourth-order valence-corrected chi connectivity index (χ4v) is 7.49. The molecule has 3 aromatic rings. The van der Waals surface area contributed by atoms with Crippen LogP contribution in [-0.4, -0.2) is 0 Å². The second-order valence-electron chi connectivity index (χ2n) is 9.45. The molecule has 0 aromatic heterocycles. The number of benzene rings is 3. The lowest BCUT2D eigenvalue weighted by molar-refractivity contribution is -0.00519. The molecule has 0 amide bonds. The van der Waals surface area contributed by atoms with Gasteiger partial charge in [0.05, 0.1) is 0 Å². The van der Waals surface area contributed by atoms with Crippen molar-refractivity contribution in [2.75, 3.05) is 0 Å². The molecule has 0 aliphatic heterocycles. The summed E-state index contributed by atoms with van der Waals surface area (Å²) in [6, 6.07) is 22.7. The Labute approximate surface area is 170 Å². The first kappa shape index (κ1) is 16.4. The molecule has 0 saturated heterocycles. The maximum absolute atomic E-state index is 3.85. The molecule has 4 aliphatic carbocycles. The van der Waals surface area contributed by atoms with Crippen LogP contribution in [-0.2, 0) is 5.41 Å². The van der Waals surface area contributed by atoms with Crippen molar-refractivity contribution in [3.63, 3.8) is 0 Å². The zero-order valence-corrected chi connectivity index (χ0v) is 17.2. The average molecular weight is 417 g/mol. The summed E-state index contributed by atoms with van der Waals surface area (Å²) in [6.45, 7) is 0. The minimum absolute atomic E-state index is 0.442. The molecule has 0 unspecified atom stereocenters. The van der Waals surface area contributed by atoms with E-state index in [0.29, 0.717) is 5.41 Å². The van der Waals surface area contributed by atoms with Crippen LogP contribution in [0.15, 0.2) is 65.1 Å². The van der Waals surface area contributed by atoms with Crippen molar-refractivity contribution in [2.45, 2.75) is 43.9 Å².